The summed E-state index contributed by atoms with van der Waals surface area (Å²) in [6, 6.07) is 6.64. The van der Waals surface area contributed by atoms with Gasteiger partial charge in [0, 0.05) is 6.20 Å². The van der Waals surface area contributed by atoms with Gasteiger partial charge >= 0.3 is 6.09 Å². The molecule has 30 heavy (non-hydrogen) atoms. The Kier molecular flexibility index (Phi) is 5.52. The zero-order valence-electron chi connectivity index (χ0n) is 16.9. The number of halogens is 1. The molecule has 8 nitrogen and oxygen atoms in total. The van der Waals surface area contributed by atoms with E-state index < -0.39 is 29.1 Å². The minimum absolute atomic E-state index is 0.000782. The second kappa shape index (κ2) is 7.91. The molecule has 1 N–H and O–H groups in total. The molecule has 0 saturated carbocycles. The molecule has 3 aromatic rings. The van der Waals surface area contributed by atoms with Gasteiger partial charge in [0.2, 0.25) is 0 Å². The van der Waals surface area contributed by atoms with Gasteiger partial charge in [-0.05, 0) is 52.0 Å². The van der Waals surface area contributed by atoms with E-state index in [2.05, 4.69) is 15.3 Å². The van der Waals surface area contributed by atoms with Crippen LogP contribution in [0, 0.1) is 17.1 Å². The lowest BCUT2D eigenvalue weighted by Gasteiger charge is -2.23. The molecule has 154 valence electrons. The number of alkyl carbamates (subject to hydrolysis) is 1. The second-order valence-electron chi connectivity index (χ2n) is 7.62. The molecule has 1 amide bonds. The summed E-state index contributed by atoms with van der Waals surface area (Å²) >= 11 is 0. The Balaban J connectivity index is 2.25. The first kappa shape index (κ1) is 20.9. The third-order valence-electron chi connectivity index (χ3n) is 4.15. The summed E-state index contributed by atoms with van der Waals surface area (Å²) in [6.07, 6.45) is 2.25. The largest absolute Gasteiger partial charge is 0.444 e. The van der Waals surface area contributed by atoms with Crippen molar-refractivity contribution >= 4 is 17.0 Å². The molecular formula is C21H20FN5O3. The molecule has 3 rings (SSSR count). The third kappa shape index (κ3) is 4.12. The fraction of sp³-hybridized carbons (Fsp3) is 0.286. The Bertz CT molecular complexity index is 1210. The summed E-state index contributed by atoms with van der Waals surface area (Å²) in [6.45, 7) is 6.75. The van der Waals surface area contributed by atoms with Gasteiger partial charge in [0.25, 0.3) is 5.56 Å². The van der Waals surface area contributed by atoms with Crippen LogP contribution in [0.3, 0.4) is 0 Å². The molecule has 0 radical (unpaired) electrons. The number of aromatic nitrogens is 3. The van der Waals surface area contributed by atoms with Gasteiger partial charge in [-0.25, -0.2) is 14.2 Å². The Morgan fingerprint density at radius 2 is 2.07 bits per heavy atom. The molecule has 2 heterocycles. The lowest BCUT2D eigenvalue weighted by atomic mass is 10.1. The number of amides is 1. The summed E-state index contributed by atoms with van der Waals surface area (Å²) in [5.74, 6) is -0.675. The molecule has 2 aromatic heterocycles. The lowest BCUT2D eigenvalue weighted by Crippen LogP contribution is -2.37. The van der Waals surface area contributed by atoms with Gasteiger partial charge in [0.1, 0.15) is 28.8 Å². The van der Waals surface area contributed by atoms with Gasteiger partial charge in [0.15, 0.2) is 0 Å². The van der Waals surface area contributed by atoms with Crippen LogP contribution in [-0.2, 0) is 4.74 Å². The normalized spacial score (nSPS) is 12.3. The SMILES string of the molecule is C[C@H](NC(=O)OC(C)(C)C)c1nc2c(F)ccc(C#N)c2c(=O)n1-c1cccnc1. The molecule has 1 aromatic carbocycles. The van der Waals surface area contributed by atoms with Gasteiger partial charge in [-0.2, -0.15) is 5.26 Å². The molecule has 0 spiro atoms. The molecule has 0 bridgehead atoms. The maximum absolute atomic E-state index is 14.5. The van der Waals surface area contributed by atoms with E-state index in [1.54, 1.807) is 39.8 Å². The number of fused-ring (bicyclic) bond motifs is 1. The zero-order chi connectivity index (χ0) is 22.1. The topological polar surface area (TPSA) is 110 Å². The lowest BCUT2D eigenvalue weighted by molar-refractivity contribution is 0.0505. The van der Waals surface area contributed by atoms with Crippen molar-refractivity contribution < 1.29 is 13.9 Å². The number of carbonyl (C=O) groups excluding carboxylic acids is 1. The molecule has 0 aliphatic heterocycles. The Morgan fingerprint density at radius 3 is 2.67 bits per heavy atom. The van der Waals surface area contributed by atoms with Crippen LogP contribution in [0.5, 0.6) is 0 Å². The second-order valence-corrected chi connectivity index (χ2v) is 7.62. The number of benzene rings is 1. The van der Waals surface area contributed by atoms with Gasteiger partial charge in [0.05, 0.1) is 28.9 Å². The number of nitriles is 1. The van der Waals surface area contributed by atoms with E-state index in [4.69, 9.17) is 4.74 Å². The van der Waals surface area contributed by atoms with E-state index in [9.17, 15) is 19.2 Å². The molecule has 0 fully saturated rings. The number of pyridine rings is 1. The number of hydrogen-bond donors (Lipinski definition) is 1. The first-order chi connectivity index (χ1) is 14.1. The Morgan fingerprint density at radius 1 is 1.33 bits per heavy atom. The number of nitrogens with zero attached hydrogens (tertiary/aromatic N) is 4. The van der Waals surface area contributed by atoms with Crippen LogP contribution in [0.1, 0.15) is 45.1 Å². The van der Waals surface area contributed by atoms with Crippen molar-refractivity contribution in [1.29, 1.82) is 5.26 Å². The first-order valence-corrected chi connectivity index (χ1v) is 9.17. The van der Waals surface area contributed by atoms with Crippen LogP contribution in [0.25, 0.3) is 16.6 Å². The third-order valence-corrected chi connectivity index (χ3v) is 4.15. The summed E-state index contributed by atoms with van der Waals surface area (Å²) in [7, 11) is 0. The minimum Gasteiger partial charge on any atom is -0.444 e. The van der Waals surface area contributed by atoms with Crippen molar-refractivity contribution in [2.24, 2.45) is 0 Å². The van der Waals surface area contributed by atoms with Crippen LogP contribution in [0.15, 0.2) is 41.5 Å². The molecule has 0 saturated heterocycles. The monoisotopic (exact) mass is 409 g/mol. The van der Waals surface area contributed by atoms with Crippen molar-refractivity contribution in [3.63, 3.8) is 0 Å². The van der Waals surface area contributed by atoms with Crippen molar-refractivity contribution in [1.82, 2.24) is 19.9 Å². The Labute approximate surface area is 172 Å². The number of nitrogens with one attached hydrogen (secondary N) is 1. The molecule has 9 heteroatoms. The highest BCUT2D eigenvalue weighted by molar-refractivity contribution is 5.84. The van der Waals surface area contributed by atoms with Gasteiger partial charge in [-0.15, -0.1) is 0 Å². The highest BCUT2D eigenvalue weighted by atomic mass is 19.1. The maximum Gasteiger partial charge on any atom is 0.408 e. The van der Waals surface area contributed by atoms with Crippen LogP contribution in [-0.4, -0.2) is 26.2 Å². The Hall–Kier alpha value is -3.80. The summed E-state index contributed by atoms with van der Waals surface area (Å²) in [5.41, 5.74) is -1.25. The van der Waals surface area contributed by atoms with Gasteiger partial charge < -0.3 is 10.1 Å². The highest BCUT2D eigenvalue weighted by Crippen LogP contribution is 2.22. The fourth-order valence-corrected chi connectivity index (χ4v) is 2.94. The van der Waals surface area contributed by atoms with Crippen LogP contribution in [0.2, 0.25) is 0 Å². The zero-order valence-corrected chi connectivity index (χ0v) is 16.9. The number of rotatable bonds is 3. The van der Waals surface area contributed by atoms with Gasteiger partial charge in [-0.1, -0.05) is 0 Å². The van der Waals surface area contributed by atoms with E-state index >= 15 is 0 Å². The van der Waals surface area contributed by atoms with E-state index in [1.807, 2.05) is 6.07 Å². The van der Waals surface area contributed by atoms with Gasteiger partial charge in [-0.3, -0.25) is 14.3 Å². The molecule has 0 unspecified atom stereocenters. The van der Waals surface area contributed by atoms with Crippen molar-refractivity contribution in [3.05, 3.63) is 64.2 Å². The molecule has 0 aliphatic rings. The molecule has 1 atom stereocenters. The maximum atomic E-state index is 14.5. The average molecular weight is 409 g/mol. The first-order valence-electron chi connectivity index (χ1n) is 9.17. The predicted molar refractivity (Wildman–Crippen MR) is 108 cm³/mol. The molecule has 0 aliphatic carbocycles. The highest BCUT2D eigenvalue weighted by Gasteiger charge is 2.24. The molecular weight excluding hydrogens is 389 g/mol. The van der Waals surface area contributed by atoms with Crippen LogP contribution < -0.4 is 10.9 Å². The van der Waals surface area contributed by atoms with Crippen molar-refractivity contribution in [3.8, 4) is 11.8 Å². The quantitative estimate of drug-likeness (QED) is 0.710. The minimum atomic E-state index is -0.817. The summed E-state index contributed by atoms with van der Waals surface area (Å²) < 4.78 is 21.0. The standard InChI is InChI=1S/C21H20FN5O3/c1-12(25-20(29)30-21(2,3)4)18-26-17-15(22)8-7-13(10-23)16(17)19(28)27(18)14-6-5-9-24-11-14/h5-9,11-12H,1-4H3,(H,25,29)/t12-/m0/s1. The van der Waals surface area contributed by atoms with E-state index in [0.29, 0.717) is 5.69 Å². The van der Waals surface area contributed by atoms with Crippen molar-refractivity contribution in [2.45, 2.75) is 39.3 Å². The summed E-state index contributed by atoms with van der Waals surface area (Å²) in [5, 5.41) is 11.9. The number of ether oxygens (including phenoxy) is 1. The summed E-state index contributed by atoms with van der Waals surface area (Å²) in [4.78, 5) is 33.9. The average Bonchev–Trinajstić information content (AvgIpc) is 2.67. The fourth-order valence-electron chi connectivity index (χ4n) is 2.94. The van der Waals surface area contributed by atoms with E-state index in [0.717, 1.165) is 6.07 Å². The van der Waals surface area contributed by atoms with Crippen LogP contribution in [0.4, 0.5) is 9.18 Å². The number of hydrogen-bond acceptors (Lipinski definition) is 6. The van der Waals surface area contributed by atoms with Crippen LogP contribution >= 0.6 is 0 Å². The predicted octanol–water partition coefficient (Wildman–Crippen LogP) is 3.38. The smallest absolute Gasteiger partial charge is 0.408 e. The van der Waals surface area contributed by atoms with E-state index in [1.165, 1.54) is 23.0 Å². The van der Waals surface area contributed by atoms with Crippen molar-refractivity contribution in [2.75, 3.05) is 0 Å². The number of carbonyl (C=O) groups is 1. The van der Waals surface area contributed by atoms with E-state index in [-0.39, 0.29) is 22.3 Å².